The van der Waals surface area contributed by atoms with Crippen LogP contribution in [0, 0.1) is 0 Å². The number of carbonyl (C=O) groups is 2. The van der Waals surface area contributed by atoms with E-state index < -0.39 is 17.5 Å². The van der Waals surface area contributed by atoms with E-state index in [-0.39, 0.29) is 25.2 Å². The molecule has 0 radical (unpaired) electrons. The molecule has 2 unspecified atom stereocenters. The molecule has 2 atom stereocenters. The Balaban J connectivity index is 2.13. The van der Waals surface area contributed by atoms with Gasteiger partial charge in [0.2, 0.25) is 0 Å². The Bertz CT molecular complexity index is 530. The molecular formula is C14H17NO5. The molecule has 1 aliphatic heterocycles. The molecule has 0 fully saturated rings. The summed E-state index contributed by atoms with van der Waals surface area (Å²) in [6, 6.07) is 7.52. The molecule has 0 saturated heterocycles. The van der Waals surface area contributed by atoms with Crippen molar-refractivity contribution in [3.63, 3.8) is 0 Å². The third-order valence-electron chi connectivity index (χ3n) is 3.67. The van der Waals surface area contributed by atoms with Crippen LogP contribution in [-0.4, -0.2) is 39.4 Å². The second-order valence-electron chi connectivity index (χ2n) is 5.10. The number of rotatable bonds is 6. The lowest BCUT2D eigenvalue weighted by atomic mass is 9.84. The lowest BCUT2D eigenvalue weighted by molar-refractivity contribution is -0.161. The molecule has 6 nitrogen and oxygen atoms in total. The van der Waals surface area contributed by atoms with Crippen molar-refractivity contribution in [2.75, 3.05) is 11.9 Å². The van der Waals surface area contributed by atoms with Gasteiger partial charge in [-0.1, -0.05) is 18.2 Å². The maximum absolute atomic E-state index is 11.3. The number of hydrogen-bond donors (Lipinski definition) is 4. The summed E-state index contributed by atoms with van der Waals surface area (Å²) in [5.74, 6) is -2.63. The van der Waals surface area contributed by atoms with Crippen molar-refractivity contribution in [1.29, 1.82) is 0 Å². The van der Waals surface area contributed by atoms with E-state index in [0.717, 1.165) is 11.3 Å². The zero-order chi connectivity index (χ0) is 14.8. The first-order valence-corrected chi connectivity index (χ1v) is 6.43. The summed E-state index contributed by atoms with van der Waals surface area (Å²) < 4.78 is 0. The molecule has 0 amide bonds. The van der Waals surface area contributed by atoms with Gasteiger partial charge in [0, 0.05) is 24.6 Å². The predicted octanol–water partition coefficient (Wildman–Crippen LogP) is 1.27. The average molecular weight is 279 g/mol. The third-order valence-corrected chi connectivity index (χ3v) is 3.67. The Morgan fingerprint density at radius 3 is 2.65 bits per heavy atom. The minimum absolute atomic E-state index is 0.000370. The minimum atomic E-state index is -2.01. The van der Waals surface area contributed by atoms with E-state index in [1.807, 2.05) is 24.3 Å². The molecule has 2 rings (SSSR count). The zero-order valence-electron chi connectivity index (χ0n) is 10.9. The summed E-state index contributed by atoms with van der Waals surface area (Å²) in [6.45, 7) is 0.544. The number of carboxylic acid groups (broad SMARTS) is 2. The van der Waals surface area contributed by atoms with E-state index in [4.69, 9.17) is 5.11 Å². The van der Waals surface area contributed by atoms with Crippen molar-refractivity contribution in [3.05, 3.63) is 29.8 Å². The van der Waals surface area contributed by atoms with Crippen LogP contribution in [0.15, 0.2) is 24.3 Å². The number of benzene rings is 1. The van der Waals surface area contributed by atoms with Crippen LogP contribution < -0.4 is 5.32 Å². The summed E-state index contributed by atoms with van der Waals surface area (Å²) in [4.78, 5) is 21.9. The first-order chi connectivity index (χ1) is 9.42. The number of para-hydroxylation sites is 1. The van der Waals surface area contributed by atoms with Gasteiger partial charge in [-0.05, 0) is 24.5 Å². The van der Waals surface area contributed by atoms with Gasteiger partial charge in [-0.15, -0.1) is 0 Å². The minimum Gasteiger partial charge on any atom is -0.481 e. The van der Waals surface area contributed by atoms with E-state index in [1.165, 1.54) is 0 Å². The van der Waals surface area contributed by atoms with Crippen LogP contribution in [0.4, 0.5) is 5.69 Å². The monoisotopic (exact) mass is 279 g/mol. The SMILES string of the molecule is O=C(O)CCC(O)(CC1CNc2ccccc21)C(=O)O. The molecule has 20 heavy (non-hydrogen) atoms. The van der Waals surface area contributed by atoms with Crippen molar-refractivity contribution >= 4 is 17.6 Å². The number of hydrogen-bond acceptors (Lipinski definition) is 4. The van der Waals surface area contributed by atoms with Crippen LogP contribution in [0.3, 0.4) is 0 Å². The van der Waals surface area contributed by atoms with Crippen LogP contribution >= 0.6 is 0 Å². The highest BCUT2D eigenvalue weighted by molar-refractivity contribution is 5.78. The number of aliphatic carboxylic acids is 2. The van der Waals surface area contributed by atoms with Crippen molar-refractivity contribution in [1.82, 2.24) is 0 Å². The molecule has 4 N–H and O–H groups in total. The van der Waals surface area contributed by atoms with Gasteiger partial charge < -0.3 is 20.6 Å². The Morgan fingerprint density at radius 1 is 1.30 bits per heavy atom. The predicted molar refractivity (Wildman–Crippen MR) is 71.7 cm³/mol. The average Bonchev–Trinajstić information content (AvgIpc) is 2.80. The molecular weight excluding hydrogens is 262 g/mol. The fourth-order valence-corrected chi connectivity index (χ4v) is 2.56. The highest BCUT2D eigenvalue weighted by Gasteiger charge is 2.40. The molecule has 1 aromatic rings. The Hall–Kier alpha value is -2.08. The molecule has 0 bridgehead atoms. The van der Waals surface area contributed by atoms with Crippen molar-refractivity contribution in [3.8, 4) is 0 Å². The van der Waals surface area contributed by atoms with Crippen molar-refractivity contribution in [2.45, 2.75) is 30.8 Å². The zero-order valence-corrected chi connectivity index (χ0v) is 10.9. The van der Waals surface area contributed by atoms with Crippen LogP contribution in [0.5, 0.6) is 0 Å². The molecule has 108 valence electrons. The molecule has 1 aliphatic rings. The molecule has 0 spiro atoms. The van der Waals surface area contributed by atoms with Crippen molar-refractivity contribution < 1.29 is 24.9 Å². The van der Waals surface area contributed by atoms with Gasteiger partial charge in [-0.2, -0.15) is 0 Å². The van der Waals surface area contributed by atoms with Crippen LogP contribution in [0.1, 0.15) is 30.7 Å². The topological polar surface area (TPSA) is 107 Å². The van der Waals surface area contributed by atoms with Gasteiger partial charge >= 0.3 is 11.9 Å². The van der Waals surface area contributed by atoms with E-state index in [2.05, 4.69) is 5.32 Å². The normalized spacial score (nSPS) is 19.8. The third kappa shape index (κ3) is 2.91. The largest absolute Gasteiger partial charge is 0.481 e. The quantitative estimate of drug-likeness (QED) is 0.624. The molecule has 1 heterocycles. The van der Waals surface area contributed by atoms with Gasteiger partial charge in [-0.25, -0.2) is 4.79 Å². The van der Waals surface area contributed by atoms with E-state index in [0.29, 0.717) is 6.54 Å². The number of carboxylic acids is 2. The maximum atomic E-state index is 11.3. The summed E-state index contributed by atoms with van der Waals surface area (Å²) in [5, 5.41) is 31.2. The standard InChI is InChI=1S/C14H17NO5/c16-12(17)5-6-14(20,13(18)19)7-9-8-15-11-4-2-1-3-10(9)11/h1-4,9,15,20H,5-8H2,(H,16,17)(H,18,19). The van der Waals surface area contributed by atoms with Gasteiger partial charge in [0.25, 0.3) is 0 Å². The van der Waals surface area contributed by atoms with E-state index in [9.17, 15) is 19.8 Å². The summed E-state index contributed by atoms with van der Waals surface area (Å²) in [7, 11) is 0. The lowest BCUT2D eigenvalue weighted by Crippen LogP contribution is -2.40. The van der Waals surface area contributed by atoms with Gasteiger partial charge in [0.1, 0.15) is 0 Å². The second kappa shape index (κ2) is 5.50. The van der Waals surface area contributed by atoms with Crippen LogP contribution in [-0.2, 0) is 9.59 Å². The Morgan fingerprint density at radius 2 is 2.00 bits per heavy atom. The van der Waals surface area contributed by atoms with Crippen molar-refractivity contribution in [2.24, 2.45) is 0 Å². The fraction of sp³-hybridized carbons (Fsp3) is 0.429. The Labute approximate surface area is 116 Å². The molecule has 0 saturated carbocycles. The number of fused-ring (bicyclic) bond motifs is 1. The van der Waals surface area contributed by atoms with E-state index >= 15 is 0 Å². The maximum Gasteiger partial charge on any atom is 0.335 e. The van der Waals surface area contributed by atoms with Gasteiger partial charge in [-0.3, -0.25) is 4.79 Å². The molecule has 6 heteroatoms. The lowest BCUT2D eigenvalue weighted by Gasteiger charge is -2.26. The number of aliphatic hydroxyl groups is 1. The summed E-state index contributed by atoms with van der Waals surface area (Å²) in [6.07, 6.45) is -0.666. The van der Waals surface area contributed by atoms with Crippen LogP contribution in [0.25, 0.3) is 0 Å². The fourth-order valence-electron chi connectivity index (χ4n) is 2.56. The van der Waals surface area contributed by atoms with Gasteiger partial charge in [0.15, 0.2) is 5.60 Å². The van der Waals surface area contributed by atoms with E-state index in [1.54, 1.807) is 0 Å². The van der Waals surface area contributed by atoms with Crippen LogP contribution in [0.2, 0.25) is 0 Å². The number of nitrogens with one attached hydrogen (secondary N) is 1. The second-order valence-corrected chi connectivity index (χ2v) is 5.10. The summed E-state index contributed by atoms with van der Waals surface area (Å²) >= 11 is 0. The summed E-state index contributed by atoms with van der Waals surface area (Å²) in [5.41, 5.74) is -0.117. The Kier molecular flexibility index (Phi) is 3.94. The highest BCUT2D eigenvalue weighted by atomic mass is 16.4. The first-order valence-electron chi connectivity index (χ1n) is 6.43. The molecule has 0 aliphatic carbocycles. The number of anilines is 1. The molecule has 0 aromatic heterocycles. The highest BCUT2D eigenvalue weighted by Crippen LogP contribution is 2.37. The molecule has 1 aromatic carbocycles. The first kappa shape index (κ1) is 14.3. The smallest absolute Gasteiger partial charge is 0.335 e. The van der Waals surface area contributed by atoms with Gasteiger partial charge in [0.05, 0.1) is 0 Å².